The molecule has 1 N–H and O–H groups in total. The van der Waals surface area contributed by atoms with Crippen LogP contribution in [0, 0.1) is 5.92 Å². The standard InChI is InChI=1S/C19H31N5O2.HI/c1-15-12-24(7-9-26-15)18-10-16(4-6-21-18)11-22-19(20-2)23(3)13-17-5-8-25-14-17;/h4,6,10,15,17H,5,7-9,11-14H2,1-3H3,(H,20,22);1H. The van der Waals surface area contributed by atoms with Crippen molar-refractivity contribution in [3.63, 3.8) is 0 Å². The van der Waals surface area contributed by atoms with Gasteiger partial charge < -0.3 is 24.6 Å². The maximum absolute atomic E-state index is 5.62. The van der Waals surface area contributed by atoms with E-state index in [4.69, 9.17) is 9.47 Å². The summed E-state index contributed by atoms with van der Waals surface area (Å²) in [6.07, 6.45) is 3.27. The van der Waals surface area contributed by atoms with E-state index >= 15 is 0 Å². The molecule has 152 valence electrons. The van der Waals surface area contributed by atoms with E-state index in [2.05, 4.69) is 51.2 Å². The zero-order chi connectivity index (χ0) is 18.4. The van der Waals surface area contributed by atoms with E-state index in [0.717, 1.165) is 64.2 Å². The number of pyridine rings is 1. The third kappa shape index (κ3) is 6.46. The Kier molecular flexibility index (Phi) is 9.04. The van der Waals surface area contributed by atoms with Crippen LogP contribution in [0.4, 0.5) is 5.82 Å². The van der Waals surface area contributed by atoms with Crippen LogP contribution < -0.4 is 10.2 Å². The van der Waals surface area contributed by atoms with Crippen LogP contribution in [0.1, 0.15) is 18.9 Å². The van der Waals surface area contributed by atoms with Gasteiger partial charge in [-0.1, -0.05) is 0 Å². The molecule has 3 rings (SSSR count). The lowest BCUT2D eigenvalue weighted by atomic mass is 10.1. The van der Waals surface area contributed by atoms with E-state index in [0.29, 0.717) is 5.92 Å². The van der Waals surface area contributed by atoms with Crippen molar-refractivity contribution in [2.24, 2.45) is 10.9 Å². The van der Waals surface area contributed by atoms with Gasteiger partial charge in [-0.15, -0.1) is 24.0 Å². The number of hydrogen-bond acceptors (Lipinski definition) is 5. The summed E-state index contributed by atoms with van der Waals surface area (Å²) in [7, 11) is 3.91. The topological polar surface area (TPSA) is 62.2 Å². The molecule has 3 heterocycles. The number of anilines is 1. The van der Waals surface area contributed by atoms with Crippen molar-refractivity contribution >= 4 is 35.8 Å². The highest BCUT2D eigenvalue weighted by atomic mass is 127. The number of nitrogens with zero attached hydrogens (tertiary/aromatic N) is 4. The summed E-state index contributed by atoms with van der Waals surface area (Å²) < 4.78 is 11.1. The Hall–Kier alpha value is -1.13. The quantitative estimate of drug-likeness (QED) is 0.388. The molecule has 2 unspecified atom stereocenters. The zero-order valence-electron chi connectivity index (χ0n) is 16.6. The molecule has 7 nitrogen and oxygen atoms in total. The van der Waals surface area contributed by atoms with E-state index in [-0.39, 0.29) is 30.1 Å². The lowest BCUT2D eigenvalue weighted by molar-refractivity contribution is 0.0529. The molecule has 27 heavy (non-hydrogen) atoms. The molecule has 1 aromatic heterocycles. The Morgan fingerprint density at radius 2 is 2.30 bits per heavy atom. The molecule has 2 fully saturated rings. The van der Waals surface area contributed by atoms with Crippen LogP contribution in [0.3, 0.4) is 0 Å². The van der Waals surface area contributed by atoms with Crippen LogP contribution in [0.25, 0.3) is 0 Å². The third-order valence-corrected chi connectivity index (χ3v) is 4.96. The Balaban J connectivity index is 0.00000261. The molecule has 1 aromatic rings. The van der Waals surface area contributed by atoms with Gasteiger partial charge in [-0.25, -0.2) is 4.98 Å². The second-order valence-electron chi connectivity index (χ2n) is 7.16. The molecule has 0 saturated carbocycles. The van der Waals surface area contributed by atoms with E-state index in [1.165, 1.54) is 5.56 Å². The highest BCUT2D eigenvalue weighted by Gasteiger charge is 2.20. The number of aromatic nitrogens is 1. The summed E-state index contributed by atoms with van der Waals surface area (Å²) in [6.45, 7) is 8.07. The van der Waals surface area contributed by atoms with Crippen LogP contribution in [0.15, 0.2) is 23.3 Å². The lowest BCUT2D eigenvalue weighted by Gasteiger charge is -2.32. The number of guanidine groups is 1. The largest absolute Gasteiger partial charge is 0.381 e. The summed E-state index contributed by atoms with van der Waals surface area (Å²) in [5, 5.41) is 3.46. The molecule has 0 amide bonds. The van der Waals surface area contributed by atoms with Crippen LogP contribution in [-0.2, 0) is 16.0 Å². The number of aliphatic imine (C=N–C) groups is 1. The highest BCUT2D eigenvalue weighted by Crippen LogP contribution is 2.17. The maximum atomic E-state index is 5.62. The van der Waals surface area contributed by atoms with Crippen LogP contribution >= 0.6 is 24.0 Å². The van der Waals surface area contributed by atoms with Crippen molar-refractivity contribution in [3.05, 3.63) is 23.9 Å². The van der Waals surface area contributed by atoms with Gasteiger partial charge >= 0.3 is 0 Å². The number of hydrogen-bond donors (Lipinski definition) is 1. The lowest BCUT2D eigenvalue weighted by Crippen LogP contribution is -2.42. The van der Waals surface area contributed by atoms with Gasteiger partial charge in [0.2, 0.25) is 0 Å². The van der Waals surface area contributed by atoms with Gasteiger partial charge in [-0.3, -0.25) is 4.99 Å². The second kappa shape index (κ2) is 11.0. The molecular formula is C19H32IN5O2. The molecule has 2 aliphatic rings. The van der Waals surface area contributed by atoms with Gasteiger partial charge in [0.05, 0.1) is 19.3 Å². The SMILES string of the molecule is CN=C(NCc1ccnc(N2CCOC(C)C2)c1)N(C)CC1CCOC1.I. The molecular weight excluding hydrogens is 457 g/mol. The molecule has 0 bridgehead atoms. The Bertz CT molecular complexity index is 610. The van der Waals surface area contributed by atoms with E-state index in [1.54, 1.807) is 0 Å². The minimum atomic E-state index is 0. The van der Waals surface area contributed by atoms with Crippen LogP contribution in [0.2, 0.25) is 0 Å². The third-order valence-electron chi connectivity index (χ3n) is 4.96. The Morgan fingerprint density at radius 3 is 3.00 bits per heavy atom. The van der Waals surface area contributed by atoms with Gasteiger partial charge in [0.15, 0.2) is 5.96 Å². The summed E-state index contributed by atoms with van der Waals surface area (Å²) in [6, 6.07) is 4.21. The smallest absolute Gasteiger partial charge is 0.193 e. The van der Waals surface area contributed by atoms with Crippen molar-refractivity contribution in [1.82, 2.24) is 15.2 Å². The molecule has 2 saturated heterocycles. The minimum absolute atomic E-state index is 0. The molecule has 0 aromatic carbocycles. The second-order valence-corrected chi connectivity index (χ2v) is 7.16. The maximum Gasteiger partial charge on any atom is 0.193 e. The van der Waals surface area contributed by atoms with Gasteiger partial charge in [-0.05, 0) is 31.0 Å². The van der Waals surface area contributed by atoms with Gasteiger partial charge in [0.25, 0.3) is 0 Å². The molecule has 0 aliphatic carbocycles. The number of nitrogens with one attached hydrogen (secondary N) is 1. The van der Waals surface area contributed by atoms with Crippen molar-refractivity contribution in [1.29, 1.82) is 0 Å². The van der Waals surface area contributed by atoms with Gasteiger partial charge in [0.1, 0.15) is 5.82 Å². The first kappa shape index (κ1) is 22.2. The van der Waals surface area contributed by atoms with Crippen molar-refractivity contribution < 1.29 is 9.47 Å². The fourth-order valence-corrected chi connectivity index (χ4v) is 3.54. The summed E-state index contributed by atoms with van der Waals surface area (Å²) in [4.78, 5) is 13.4. The van der Waals surface area contributed by atoms with Crippen molar-refractivity contribution in [2.75, 3.05) is 58.5 Å². The molecule has 2 aliphatic heterocycles. The first-order chi connectivity index (χ1) is 12.7. The normalized spacial score (nSPS) is 23.1. The summed E-state index contributed by atoms with van der Waals surface area (Å²) in [5.74, 6) is 2.52. The predicted octanol–water partition coefficient (Wildman–Crippen LogP) is 1.97. The number of ether oxygens (including phenoxy) is 2. The van der Waals surface area contributed by atoms with Crippen molar-refractivity contribution in [3.8, 4) is 0 Å². The predicted molar refractivity (Wildman–Crippen MR) is 119 cm³/mol. The fourth-order valence-electron chi connectivity index (χ4n) is 3.54. The number of halogens is 1. The van der Waals surface area contributed by atoms with Crippen molar-refractivity contribution in [2.45, 2.75) is 26.0 Å². The molecule has 8 heteroatoms. The van der Waals surface area contributed by atoms with E-state index in [9.17, 15) is 0 Å². The summed E-state index contributed by atoms with van der Waals surface area (Å²) >= 11 is 0. The molecule has 0 spiro atoms. The van der Waals surface area contributed by atoms with Gasteiger partial charge in [0, 0.05) is 59.0 Å². The number of morpholine rings is 1. The monoisotopic (exact) mass is 489 g/mol. The Morgan fingerprint density at radius 1 is 1.44 bits per heavy atom. The minimum Gasteiger partial charge on any atom is -0.381 e. The first-order valence-electron chi connectivity index (χ1n) is 9.46. The number of rotatable bonds is 5. The molecule has 2 atom stereocenters. The van der Waals surface area contributed by atoms with E-state index in [1.807, 2.05) is 13.2 Å². The zero-order valence-corrected chi connectivity index (χ0v) is 18.9. The fraction of sp³-hybridized carbons (Fsp3) is 0.684. The Labute approximate surface area is 179 Å². The first-order valence-corrected chi connectivity index (χ1v) is 9.46. The van der Waals surface area contributed by atoms with Gasteiger partial charge in [-0.2, -0.15) is 0 Å². The van der Waals surface area contributed by atoms with Crippen LogP contribution in [0.5, 0.6) is 0 Å². The van der Waals surface area contributed by atoms with Crippen LogP contribution in [-0.4, -0.2) is 75.5 Å². The average Bonchev–Trinajstić information content (AvgIpc) is 3.15. The molecule has 0 radical (unpaired) electrons. The average molecular weight is 489 g/mol. The highest BCUT2D eigenvalue weighted by molar-refractivity contribution is 14.0. The van der Waals surface area contributed by atoms with E-state index < -0.39 is 0 Å². The summed E-state index contributed by atoms with van der Waals surface area (Å²) in [5.41, 5.74) is 1.20.